The lowest BCUT2D eigenvalue weighted by molar-refractivity contribution is 0.0720. The number of hydrogen-bond donors (Lipinski definition) is 1. The van der Waals surface area contributed by atoms with E-state index in [4.69, 9.17) is 21.8 Å². The second-order valence-corrected chi connectivity index (χ2v) is 9.26. The van der Waals surface area contributed by atoms with E-state index in [1.54, 1.807) is 28.8 Å². The molecule has 1 aromatic carbocycles. The van der Waals surface area contributed by atoms with E-state index in [0.29, 0.717) is 34.3 Å². The topological polar surface area (TPSA) is 65.8 Å². The first kappa shape index (κ1) is 20.9. The molecule has 148 valence electrons. The van der Waals surface area contributed by atoms with Crippen molar-refractivity contribution in [2.45, 2.75) is 30.3 Å². The average molecular weight is 436 g/mol. The van der Waals surface area contributed by atoms with Gasteiger partial charge in [-0.15, -0.1) is 23.1 Å². The highest BCUT2D eigenvalue weighted by molar-refractivity contribution is 7.98. The summed E-state index contributed by atoms with van der Waals surface area (Å²) < 4.78 is 0.626. The molecule has 2 heterocycles. The molecule has 0 saturated heterocycles. The Morgan fingerprint density at radius 1 is 1.39 bits per heavy atom. The van der Waals surface area contributed by atoms with Crippen LogP contribution in [0.15, 0.2) is 40.4 Å². The Hall–Kier alpha value is -1.83. The van der Waals surface area contributed by atoms with Crippen LogP contribution >= 0.6 is 34.7 Å². The maximum Gasteiger partial charge on any atom is 0.172 e. The molecule has 0 saturated carbocycles. The lowest BCUT2D eigenvalue weighted by Crippen LogP contribution is -2.22. The summed E-state index contributed by atoms with van der Waals surface area (Å²) in [5.74, 6) is 0.557. The number of oxime groups is 1. The van der Waals surface area contributed by atoms with Crippen LogP contribution < -0.4 is 0 Å². The van der Waals surface area contributed by atoms with Crippen LogP contribution in [0.3, 0.4) is 0 Å². The molecule has 2 aromatic rings. The van der Waals surface area contributed by atoms with Gasteiger partial charge in [0.25, 0.3) is 0 Å². The van der Waals surface area contributed by atoms with E-state index in [-0.39, 0.29) is 11.9 Å². The van der Waals surface area contributed by atoms with Gasteiger partial charge in [0, 0.05) is 43.0 Å². The molecule has 1 aromatic heterocycles. The molecule has 1 unspecified atom stereocenters. The number of ketones is 1. The first-order valence-corrected chi connectivity index (χ1v) is 11.3. The molecule has 1 aliphatic heterocycles. The summed E-state index contributed by atoms with van der Waals surface area (Å²) in [4.78, 5) is 21.4. The first-order chi connectivity index (χ1) is 13.4. The summed E-state index contributed by atoms with van der Waals surface area (Å²) in [5, 5.41) is 12.4. The summed E-state index contributed by atoms with van der Waals surface area (Å²) in [6.45, 7) is 0. The highest BCUT2D eigenvalue weighted by Crippen LogP contribution is 2.29. The van der Waals surface area contributed by atoms with Crippen LogP contribution in [-0.2, 0) is 4.84 Å². The number of halogens is 1. The molecule has 0 aliphatic carbocycles. The number of nitrogens with zero attached hydrogens (tertiary/aromatic N) is 2. The summed E-state index contributed by atoms with van der Waals surface area (Å²) in [6.07, 6.45) is 3.64. The van der Waals surface area contributed by atoms with Gasteiger partial charge in [-0.05, 0) is 30.9 Å². The zero-order valence-corrected chi connectivity index (χ0v) is 18.4. The summed E-state index contributed by atoms with van der Waals surface area (Å²) in [5.41, 5.74) is 2.79. The molecule has 0 amide bonds. The van der Waals surface area contributed by atoms with Gasteiger partial charge in [0.15, 0.2) is 5.78 Å². The zero-order valence-electron chi connectivity index (χ0n) is 16.0. The number of carbonyl (C=O) groups excluding carboxylic acids is 1. The van der Waals surface area contributed by atoms with Gasteiger partial charge in [0.2, 0.25) is 0 Å². The van der Waals surface area contributed by atoms with E-state index in [9.17, 15) is 4.79 Å². The van der Waals surface area contributed by atoms with Crippen molar-refractivity contribution in [1.82, 2.24) is 4.90 Å². The quantitative estimate of drug-likeness (QED) is 0.282. The van der Waals surface area contributed by atoms with E-state index in [2.05, 4.69) is 5.16 Å². The first-order valence-electron chi connectivity index (χ1n) is 8.85. The van der Waals surface area contributed by atoms with Crippen molar-refractivity contribution in [3.63, 3.8) is 0 Å². The Bertz CT molecular complexity index is 924. The maximum absolute atomic E-state index is 12.3. The molecule has 1 aliphatic rings. The van der Waals surface area contributed by atoms with Crippen LogP contribution in [0.2, 0.25) is 4.34 Å². The Balaban J connectivity index is 1.63. The van der Waals surface area contributed by atoms with Crippen LogP contribution in [-0.4, -0.2) is 48.7 Å². The fourth-order valence-corrected chi connectivity index (χ4v) is 4.62. The number of hydrogen-bond acceptors (Lipinski definition) is 6. The molecule has 5 nitrogen and oxygen atoms in total. The molecular formula is C20H22ClN3O2S2. The van der Waals surface area contributed by atoms with Crippen LogP contribution in [0.1, 0.15) is 40.1 Å². The molecule has 0 bridgehead atoms. The van der Waals surface area contributed by atoms with Crippen molar-refractivity contribution in [3.05, 3.63) is 50.7 Å². The fourth-order valence-electron chi connectivity index (χ4n) is 2.96. The average Bonchev–Trinajstić information content (AvgIpc) is 3.34. The van der Waals surface area contributed by atoms with E-state index >= 15 is 0 Å². The van der Waals surface area contributed by atoms with Gasteiger partial charge in [-0.2, -0.15) is 0 Å². The Morgan fingerprint density at radius 3 is 2.82 bits per heavy atom. The number of carbonyl (C=O) groups is 1. The van der Waals surface area contributed by atoms with Crippen molar-refractivity contribution in [1.29, 1.82) is 5.41 Å². The van der Waals surface area contributed by atoms with Crippen LogP contribution in [0.25, 0.3) is 0 Å². The summed E-state index contributed by atoms with van der Waals surface area (Å²) >= 11 is 8.84. The molecule has 8 heteroatoms. The van der Waals surface area contributed by atoms with Gasteiger partial charge in [-0.3, -0.25) is 10.2 Å². The highest BCUT2D eigenvalue weighted by atomic mass is 35.5. The molecule has 0 spiro atoms. The SMILES string of the molecule is CSc1cc(C(=N)N(C)C)ccc1C1=NOC(CCC(=O)c2ccc(Cl)s2)C1. The third-order valence-electron chi connectivity index (χ3n) is 4.51. The molecule has 1 atom stereocenters. The molecule has 0 radical (unpaired) electrons. The Kier molecular flexibility index (Phi) is 6.80. The zero-order chi connectivity index (χ0) is 20.3. The fraction of sp³-hybridized carbons (Fsp3) is 0.350. The third kappa shape index (κ3) is 4.77. The van der Waals surface area contributed by atoms with E-state index < -0.39 is 0 Å². The van der Waals surface area contributed by atoms with Crippen molar-refractivity contribution in [3.8, 4) is 0 Å². The predicted molar refractivity (Wildman–Crippen MR) is 118 cm³/mol. The minimum absolute atomic E-state index is 0.0882. The third-order valence-corrected chi connectivity index (χ3v) is 6.56. The Morgan fingerprint density at radius 2 is 2.18 bits per heavy atom. The van der Waals surface area contributed by atoms with Crippen LogP contribution in [0, 0.1) is 5.41 Å². The normalized spacial score (nSPS) is 15.9. The van der Waals surface area contributed by atoms with Gasteiger partial charge in [-0.1, -0.05) is 28.9 Å². The van der Waals surface area contributed by atoms with E-state index in [1.807, 2.05) is 38.6 Å². The number of nitrogens with one attached hydrogen (secondary N) is 1. The second-order valence-electron chi connectivity index (χ2n) is 6.69. The number of rotatable bonds is 7. The standard InChI is InChI=1S/C20H22ClN3O2S2/c1-24(2)20(22)12-4-6-14(18(10-12)27-3)15-11-13(26-23-15)5-7-16(25)17-8-9-19(21)28-17/h4,6,8-10,13,22H,5,7,11H2,1-3H3. The maximum atomic E-state index is 12.3. The van der Waals surface area contributed by atoms with Gasteiger partial charge in [-0.25, -0.2) is 0 Å². The molecule has 3 rings (SSSR count). The number of benzene rings is 1. The highest BCUT2D eigenvalue weighted by Gasteiger charge is 2.25. The van der Waals surface area contributed by atoms with Gasteiger partial charge >= 0.3 is 0 Å². The van der Waals surface area contributed by atoms with Gasteiger partial charge in [0.1, 0.15) is 11.9 Å². The molecule has 1 N–H and O–H groups in total. The van der Waals surface area contributed by atoms with Crippen LogP contribution in [0.4, 0.5) is 0 Å². The molecule has 28 heavy (non-hydrogen) atoms. The van der Waals surface area contributed by atoms with Crippen molar-refractivity contribution in [2.75, 3.05) is 20.4 Å². The number of thioether (sulfide) groups is 1. The Labute approximate surface area is 178 Å². The van der Waals surface area contributed by atoms with Gasteiger partial charge < -0.3 is 9.74 Å². The lowest BCUT2D eigenvalue weighted by Gasteiger charge is -2.15. The second kappa shape index (κ2) is 9.11. The largest absolute Gasteiger partial charge is 0.392 e. The molecular weight excluding hydrogens is 414 g/mol. The minimum Gasteiger partial charge on any atom is -0.392 e. The number of thiophene rings is 1. The number of Topliss-reactive ketones (excluding diaryl/α,β-unsaturated/α-hetero) is 1. The molecule has 0 fully saturated rings. The number of amidine groups is 1. The van der Waals surface area contributed by atoms with E-state index in [0.717, 1.165) is 21.7 Å². The summed E-state index contributed by atoms with van der Waals surface area (Å²) in [7, 11) is 3.72. The van der Waals surface area contributed by atoms with Crippen molar-refractivity contribution in [2.24, 2.45) is 5.16 Å². The minimum atomic E-state index is -0.0937. The summed E-state index contributed by atoms with van der Waals surface area (Å²) in [6, 6.07) is 9.48. The van der Waals surface area contributed by atoms with Crippen molar-refractivity contribution < 1.29 is 9.63 Å². The lowest BCUT2D eigenvalue weighted by atomic mass is 10.00. The predicted octanol–water partition coefficient (Wildman–Crippen LogP) is 5.17. The van der Waals surface area contributed by atoms with E-state index in [1.165, 1.54) is 11.3 Å². The monoisotopic (exact) mass is 435 g/mol. The van der Waals surface area contributed by atoms with Gasteiger partial charge in [0.05, 0.1) is 14.9 Å². The van der Waals surface area contributed by atoms with Crippen LogP contribution in [0.5, 0.6) is 0 Å². The smallest absolute Gasteiger partial charge is 0.172 e. The van der Waals surface area contributed by atoms with Crippen molar-refractivity contribution >= 4 is 52.0 Å².